The molecule has 1 nitrogen and oxygen atoms in total. The summed E-state index contributed by atoms with van der Waals surface area (Å²) in [6.07, 6.45) is 0. The van der Waals surface area contributed by atoms with E-state index in [0.717, 1.165) is 27.8 Å². The lowest BCUT2D eigenvalue weighted by Gasteiger charge is -2.35. The van der Waals surface area contributed by atoms with Gasteiger partial charge in [-0.1, -0.05) is 133 Å². The molecule has 0 unspecified atom stereocenters. The van der Waals surface area contributed by atoms with Crippen molar-refractivity contribution in [3.63, 3.8) is 0 Å². The van der Waals surface area contributed by atoms with Crippen molar-refractivity contribution in [2.75, 3.05) is 0 Å². The third-order valence-corrected chi connectivity index (χ3v) is 5.99. The maximum Gasteiger partial charge on any atom is 0.182 e. The summed E-state index contributed by atoms with van der Waals surface area (Å²) in [6, 6.07) is 44.5. The molecule has 3 aromatic carbocycles. The first kappa shape index (κ1) is 19.0. The topological polar surface area (TPSA) is 17.1 Å². The molecule has 0 fully saturated rings. The molecule has 2 aliphatic rings. The van der Waals surface area contributed by atoms with E-state index in [1.807, 2.05) is 84.9 Å². The van der Waals surface area contributed by atoms with E-state index in [2.05, 4.69) is 48.5 Å². The Morgan fingerprint density at radius 1 is 0.484 bits per heavy atom. The van der Waals surface area contributed by atoms with Gasteiger partial charge in [0.1, 0.15) is 5.41 Å². The quantitative estimate of drug-likeness (QED) is 0.291. The Morgan fingerprint density at radius 3 is 1.55 bits per heavy atom. The Balaban J connectivity index is 1.91. The van der Waals surface area contributed by atoms with E-state index in [4.69, 9.17) is 0 Å². The molecule has 0 heterocycles. The smallest absolute Gasteiger partial charge is 0.182 e. The molecular formula is C30H22O. The van der Waals surface area contributed by atoms with E-state index in [1.165, 1.54) is 0 Å². The summed E-state index contributed by atoms with van der Waals surface area (Å²) >= 11 is 0. The first-order chi connectivity index (χ1) is 15.3. The van der Waals surface area contributed by atoms with Crippen LogP contribution < -0.4 is 0 Å². The average Bonchev–Trinajstić information content (AvgIpc) is 3.09. The molecule has 0 spiro atoms. The molecular weight excluding hydrogens is 376 g/mol. The molecule has 31 heavy (non-hydrogen) atoms. The van der Waals surface area contributed by atoms with Crippen molar-refractivity contribution in [3.05, 3.63) is 156 Å². The van der Waals surface area contributed by atoms with E-state index >= 15 is 0 Å². The van der Waals surface area contributed by atoms with Crippen LogP contribution in [-0.4, -0.2) is 5.78 Å². The van der Waals surface area contributed by atoms with Gasteiger partial charge in [0.15, 0.2) is 5.78 Å². The first-order valence-corrected chi connectivity index (χ1v) is 10.5. The highest BCUT2D eigenvalue weighted by Crippen LogP contribution is 2.47. The summed E-state index contributed by atoms with van der Waals surface area (Å²) in [5.41, 5.74) is 4.89. The number of benzene rings is 3. The lowest BCUT2D eigenvalue weighted by Crippen LogP contribution is -2.38. The molecule has 0 amide bonds. The predicted molar refractivity (Wildman–Crippen MR) is 127 cm³/mol. The zero-order valence-electron chi connectivity index (χ0n) is 17.1. The minimum atomic E-state index is -0.958. The van der Waals surface area contributed by atoms with Gasteiger partial charge in [-0.15, -0.1) is 0 Å². The van der Waals surface area contributed by atoms with Gasteiger partial charge >= 0.3 is 0 Å². The van der Waals surface area contributed by atoms with Crippen molar-refractivity contribution in [2.45, 2.75) is 5.41 Å². The summed E-state index contributed by atoms with van der Waals surface area (Å²) in [5.74, 6) is 0.0736. The fourth-order valence-corrected chi connectivity index (χ4v) is 4.59. The van der Waals surface area contributed by atoms with Crippen LogP contribution in [0.25, 0.3) is 11.1 Å². The number of fused-ring (bicyclic) bond motifs is 1. The van der Waals surface area contributed by atoms with Gasteiger partial charge < -0.3 is 0 Å². The third-order valence-electron chi connectivity index (χ3n) is 5.99. The SMILES string of the molecule is O=C(c1ccccc1)C(c1ccccc1)(c1ccccc1)c1ccc2cccccc1-2. The maximum atomic E-state index is 14.5. The van der Waals surface area contributed by atoms with Crippen LogP contribution in [0.4, 0.5) is 0 Å². The van der Waals surface area contributed by atoms with Crippen LogP contribution in [0.5, 0.6) is 0 Å². The minimum absolute atomic E-state index is 0.0736. The fourth-order valence-electron chi connectivity index (χ4n) is 4.59. The second-order valence-electron chi connectivity index (χ2n) is 7.70. The van der Waals surface area contributed by atoms with Gasteiger partial charge in [0.25, 0.3) is 0 Å². The molecule has 0 bridgehead atoms. The molecule has 0 N–H and O–H groups in total. The van der Waals surface area contributed by atoms with Crippen molar-refractivity contribution in [2.24, 2.45) is 0 Å². The van der Waals surface area contributed by atoms with Gasteiger partial charge in [0, 0.05) is 5.56 Å². The van der Waals surface area contributed by atoms with Crippen LogP contribution in [0, 0.1) is 0 Å². The summed E-state index contributed by atoms with van der Waals surface area (Å²) in [5, 5.41) is 0. The highest BCUT2D eigenvalue weighted by atomic mass is 16.1. The molecule has 0 radical (unpaired) electrons. The van der Waals surface area contributed by atoms with Crippen molar-refractivity contribution < 1.29 is 4.79 Å². The van der Waals surface area contributed by atoms with Gasteiger partial charge in [-0.2, -0.15) is 0 Å². The van der Waals surface area contributed by atoms with Gasteiger partial charge in [-0.25, -0.2) is 0 Å². The van der Waals surface area contributed by atoms with E-state index in [-0.39, 0.29) is 5.78 Å². The Kier molecular flexibility index (Phi) is 4.93. The molecule has 0 atom stereocenters. The Morgan fingerprint density at radius 2 is 0.968 bits per heavy atom. The average molecular weight is 399 g/mol. The Labute approximate surface area is 183 Å². The number of hydrogen-bond donors (Lipinski definition) is 0. The second kappa shape index (κ2) is 8.04. The van der Waals surface area contributed by atoms with Crippen molar-refractivity contribution in [1.29, 1.82) is 0 Å². The van der Waals surface area contributed by atoms with Gasteiger partial charge in [0.2, 0.25) is 0 Å². The first-order valence-electron chi connectivity index (χ1n) is 10.5. The highest BCUT2D eigenvalue weighted by Gasteiger charge is 2.45. The Hall–Kier alpha value is -3.97. The van der Waals surface area contributed by atoms with E-state index in [1.54, 1.807) is 0 Å². The van der Waals surface area contributed by atoms with E-state index in [0.29, 0.717) is 5.56 Å². The Bertz CT molecular complexity index is 1230. The summed E-state index contributed by atoms with van der Waals surface area (Å²) in [4.78, 5) is 14.5. The van der Waals surface area contributed by atoms with Gasteiger partial charge in [-0.05, 0) is 27.8 Å². The van der Waals surface area contributed by atoms with Crippen molar-refractivity contribution in [3.8, 4) is 11.1 Å². The molecule has 0 aromatic heterocycles. The lowest BCUT2D eigenvalue weighted by atomic mass is 9.64. The number of rotatable bonds is 5. The number of ketones is 1. The largest absolute Gasteiger partial charge is 0.292 e. The molecule has 0 saturated heterocycles. The number of Topliss-reactive ketones (excluding diaryl/α,β-unsaturated/α-hetero) is 1. The molecule has 0 saturated carbocycles. The zero-order valence-corrected chi connectivity index (χ0v) is 17.1. The summed E-state index contributed by atoms with van der Waals surface area (Å²) in [7, 11) is 0. The number of carbonyl (C=O) groups is 1. The molecule has 1 heteroatoms. The summed E-state index contributed by atoms with van der Waals surface area (Å²) in [6.45, 7) is 0. The van der Waals surface area contributed by atoms with Crippen LogP contribution in [-0.2, 0) is 5.41 Å². The van der Waals surface area contributed by atoms with Crippen LogP contribution in [0.15, 0.2) is 133 Å². The summed E-state index contributed by atoms with van der Waals surface area (Å²) < 4.78 is 0. The van der Waals surface area contributed by atoms with Gasteiger partial charge in [0.05, 0.1) is 0 Å². The van der Waals surface area contributed by atoms with E-state index < -0.39 is 5.41 Å². The second-order valence-corrected chi connectivity index (χ2v) is 7.70. The number of hydrogen-bond acceptors (Lipinski definition) is 1. The van der Waals surface area contributed by atoms with Crippen molar-refractivity contribution >= 4 is 5.78 Å². The van der Waals surface area contributed by atoms with Crippen LogP contribution in [0.3, 0.4) is 0 Å². The monoisotopic (exact) mass is 398 g/mol. The lowest BCUT2D eigenvalue weighted by molar-refractivity contribution is 0.0935. The number of carbonyl (C=O) groups excluding carboxylic acids is 1. The third kappa shape index (κ3) is 3.15. The fraction of sp³-hybridized carbons (Fsp3) is 0.0333. The van der Waals surface area contributed by atoms with Crippen LogP contribution in [0.1, 0.15) is 27.0 Å². The standard InChI is InChI=1S/C30H22O/c31-29(24-14-6-1-7-15-24)30(25-16-8-3-9-17-25,26-18-10-4-11-19-26)28-22-21-23-13-5-2-12-20-27(23)28/h1-22H. The highest BCUT2D eigenvalue weighted by molar-refractivity contribution is 6.10. The van der Waals surface area contributed by atoms with Crippen LogP contribution >= 0.6 is 0 Å². The van der Waals surface area contributed by atoms with E-state index in [9.17, 15) is 4.79 Å². The molecule has 2 aliphatic carbocycles. The minimum Gasteiger partial charge on any atom is -0.292 e. The van der Waals surface area contributed by atoms with Gasteiger partial charge in [-0.3, -0.25) is 4.79 Å². The molecule has 148 valence electrons. The maximum absolute atomic E-state index is 14.5. The zero-order chi connectivity index (χ0) is 21.1. The molecule has 3 aromatic rings. The predicted octanol–water partition coefficient (Wildman–Crippen LogP) is 7.01. The van der Waals surface area contributed by atoms with Crippen LogP contribution in [0.2, 0.25) is 0 Å². The normalized spacial score (nSPS) is 11.4. The molecule has 5 rings (SSSR count). The molecule has 0 aliphatic heterocycles. The van der Waals surface area contributed by atoms with Crippen molar-refractivity contribution in [1.82, 2.24) is 0 Å².